The Morgan fingerprint density at radius 1 is 1.20 bits per heavy atom. The lowest BCUT2D eigenvalue weighted by atomic mass is 9.76. The predicted octanol–water partition coefficient (Wildman–Crippen LogP) is 3.58. The number of fused-ring (bicyclic) bond motifs is 1. The van der Waals surface area contributed by atoms with E-state index in [9.17, 15) is 0 Å². The van der Waals surface area contributed by atoms with E-state index in [1.165, 1.54) is 25.7 Å². The molecule has 0 heterocycles. The van der Waals surface area contributed by atoms with Crippen molar-refractivity contribution in [3.05, 3.63) is 0 Å². The first-order chi connectivity index (χ1) is 6.95. The molecule has 1 heteroatoms. The first kappa shape index (κ1) is 11.4. The van der Waals surface area contributed by atoms with Crippen molar-refractivity contribution in [3.8, 4) is 0 Å². The smallest absolute Gasteiger partial charge is 0.0255 e. The van der Waals surface area contributed by atoms with Gasteiger partial charge in [0.2, 0.25) is 0 Å². The number of rotatable bonds is 5. The van der Waals surface area contributed by atoms with Gasteiger partial charge in [-0.15, -0.1) is 0 Å². The van der Waals surface area contributed by atoms with Crippen LogP contribution in [0.2, 0.25) is 0 Å². The van der Waals surface area contributed by atoms with Gasteiger partial charge in [-0.25, -0.2) is 0 Å². The zero-order valence-electron chi connectivity index (χ0n) is 11.1. The van der Waals surface area contributed by atoms with Crippen LogP contribution in [0.3, 0.4) is 0 Å². The molecule has 88 valence electrons. The van der Waals surface area contributed by atoms with Crippen molar-refractivity contribution in [2.45, 2.75) is 65.8 Å². The summed E-state index contributed by atoms with van der Waals surface area (Å²) in [5.41, 5.74) is 7.54. The molecule has 0 bridgehead atoms. The van der Waals surface area contributed by atoms with E-state index in [-0.39, 0.29) is 5.54 Å². The summed E-state index contributed by atoms with van der Waals surface area (Å²) < 4.78 is 0. The van der Waals surface area contributed by atoms with Crippen LogP contribution in [-0.2, 0) is 0 Å². The maximum atomic E-state index is 6.42. The molecule has 2 rings (SSSR count). The van der Waals surface area contributed by atoms with E-state index in [2.05, 4.69) is 34.6 Å². The zero-order chi connectivity index (χ0) is 11.5. The lowest BCUT2D eigenvalue weighted by Crippen LogP contribution is -2.41. The molecule has 0 aromatic carbocycles. The standard InChI is InChI=1S/C14H27N/c1-6-9-10(7-2)11-12(4)13(5,15)14(11,12)8-3/h10-11H,6-9,15H2,1-5H3. The summed E-state index contributed by atoms with van der Waals surface area (Å²) in [7, 11) is 0. The molecule has 2 saturated carbocycles. The third-order valence-electron chi connectivity index (χ3n) is 6.15. The van der Waals surface area contributed by atoms with Crippen LogP contribution >= 0.6 is 0 Å². The Balaban J connectivity index is 2.11. The van der Waals surface area contributed by atoms with Gasteiger partial charge in [0, 0.05) is 5.54 Å². The molecule has 0 spiro atoms. The van der Waals surface area contributed by atoms with Crippen LogP contribution in [0.1, 0.15) is 60.3 Å². The van der Waals surface area contributed by atoms with E-state index in [0.29, 0.717) is 10.8 Å². The lowest BCUT2D eigenvalue weighted by molar-refractivity contribution is 0.206. The summed E-state index contributed by atoms with van der Waals surface area (Å²) in [6.07, 6.45) is 5.34. The summed E-state index contributed by atoms with van der Waals surface area (Å²) in [6.45, 7) is 11.7. The molecule has 2 aliphatic carbocycles. The van der Waals surface area contributed by atoms with Crippen LogP contribution < -0.4 is 5.73 Å². The van der Waals surface area contributed by atoms with Crippen LogP contribution in [0.4, 0.5) is 0 Å². The van der Waals surface area contributed by atoms with Gasteiger partial charge in [0.15, 0.2) is 0 Å². The third kappa shape index (κ3) is 0.906. The molecule has 1 nitrogen and oxygen atoms in total. The second-order valence-corrected chi connectivity index (χ2v) is 6.16. The predicted molar refractivity (Wildman–Crippen MR) is 65.6 cm³/mol. The highest BCUT2D eigenvalue weighted by Gasteiger charge is 2.99. The molecule has 15 heavy (non-hydrogen) atoms. The van der Waals surface area contributed by atoms with Gasteiger partial charge in [-0.3, -0.25) is 0 Å². The lowest BCUT2D eigenvalue weighted by Gasteiger charge is -2.32. The van der Waals surface area contributed by atoms with E-state index < -0.39 is 0 Å². The first-order valence-corrected chi connectivity index (χ1v) is 6.74. The molecule has 2 fully saturated rings. The third-order valence-corrected chi connectivity index (χ3v) is 6.15. The van der Waals surface area contributed by atoms with Crippen molar-refractivity contribution in [2.24, 2.45) is 28.4 Å². The minimum atomic E-state index is 0.139. The van der Waals surface area contributed by atoms with Gasteiger partial charge in [-0.2, -0.15) is 0 Å². The highest BCUT2D eigenvalue weighted by Crippen LogP contribution is 2.97. The van der Waals surface area contributed by atoms with Crippen LogP contribution in [0.25, 0.3) is 0 Å². The number of nitrogens with two attached hydrogens (primary N) is 1. The first-order valence-electron chi connectivity index (χ1n) is 6.74. The minimum absolute atomic E-state index is 0.139. The van der Waals surface area contributed by atoms with Crippen LogP contribution in [-0.4, -0.2) is 5.54 Å². The molecular weight excluding hydrogens is 182 g/mol. The minimum Gasteiger partial charge on any atom is -0.324 e. The van der Waals surface area contributed by atoms with Gasteiger partial charge in [0.1, 0.15) is 0 Å². The average Bonchev–Trinajstić information content (AvgIpc) is 2.92. The maximum absolute atomic E-state index is 6.42. The Morgan fingerprint density at radius 3 is 2.07 bits per heavy atom. The summed E-state index contributed by atoms with van der Waals surface area (Å²) in [6, 6.07) is 0. The van der Waals surface area contributed by atoms with Gasteiger partial charge in [-0.1, -0.05) is 47.0 Å². The summed E-state index contributed by atoms with van der Waals surface area (Å²) in [5, 5.41) is 0. The van der Waals surface area contributed by atoms with Crippen molar-refractivity contribution in [1.29, 1.82) is 0 Å². The van der Waals surface area contributed by atoms with Crippen molar-refractivity contribution in [1.82, 2.24) is 0 Å². The average molecular weight is 209 g/mol. The second kappa shape index (κ2) is 3.00. The molecule has 0 aromatic rings. The molecule has 0 aliphatic heterocycles. The van der Waals surface area contributed by atoms with Gasteiger partial charge < -0.3 is 5.73 Å². The molecular formula is C14H27N. The Labute approximate surface area is 94.8 Å². The SMILES string of the molecule is CCCC(CC)C1C2(C)C(C)(N)C12CC. The molecule has 2 aliphatic rings. The van der Waals surface area contributed by atoms with Gasteiger partial charge >= 0.3 is 0 Å². The van der Waals surface area contributed by atoms with E-state index >= 15 is 0 Å². The summed E-state index contributed by atoms with van der Waals surface area (Å²) in [5.74, 6) is 1.85. The Morgan fingerprint density at radius 2 is 1.80 bits per heavy atom. The quantitative estimate of drug-likeness (QED) is 0.736. The van der Waals surface area contributed by atoms with Crippen LogP contribution in [0.15, 0.2) is 0 Å². The topological polar surface area (TPSA) is 26.0 Å². The molecule has 0 saturated heterocycles. The molecule has 0 radical (unpaired) electrons. The normalized spacial score (nSPS) is 53.6. The van der Waals surface area contributed by atoms with Gasteiger partial charge in [0.25, 0.3) is 0 Å². The fourth-order valence-electron chi connectivity index (χ4n) is 5.20. The number of hydrogen-bond donors (Lipinski definition) is 1. The Hall–Kier alpha value is -0.0400. The zero-order valence-corrected chi connectivity index (χ0v) is 11.1. The van der Waals surface area contributed by atoms with Crippen LogP contribution in [0.5, 0.6) is 0 Å². The van der Waals surface area contributed by atoms with Crippen molar-refractivity contribution >= 4 is 0 Å². The van der Waals surface area contributed by atoms with Crippen molar-refractivity contribution in [2.75, 3.05) is 0 Å². The van der Waals surface area contributed by atoms with Crippen molar-refractivity contribution in [3.63, 3.8) is 0 Å². The summed E-state index contributed by atoms with van der Waals surface area (Å²) in [4.78, 5) is 0. The summed E-state index contributed by atoms with van der Waals surface area (Å²) >= 11 is 0. The van der Waals surface area contributed by atoms with Gasteiger partial charge in [0.05, 0.1) is 0 Å². The van der Waals surface area contributed by atoms with Gasteiger partial charge in [-0.05, 0) is 36.0 Å². The molecule has 0 amide bonds. The maximum Gasteiger partial charge on any atom is 0.0255 e. The molecule has 5 unspecified atom stereocenters. The largest absolute Gasteiger partial charge is 0.324 e. The van der Waals surface area contributed by atoms with Crippen molar-refractivity contribution < 1.29 is 0 Å². The Bertz CT molecular complexity index is 271. The molecule has 5 atom stereocenters. The second-order valence-electron chi connectivity index (χ2n) is 6.16. The molecule has 2 N–H and O–H groups in total. The van der Waals surface area contributed by atoms with E-state index in [1.807, 2.05) is 0 Å². The van der Waals surface area contributed by atoms with E-state index in [0.717, 1.165) is 11.8 Å². The van der Waals surface area contributed by atoms with Crippen LogP contribution in [0, 0.1) is 22.7 Å². The number of hydrogen-bond acceptors (Lipinski definition) is 1. The highest BCUT2D eigenvalue weighted by atomic mass is 15.1. The monoisotopic (exact) mass is 209 g/mol. The fourth-order valence-corrected chi connectivity index (χ4v) is 5.20. The molecule has 0 aromatic heterocycles. The Kier molecular flexibility index (Phi) is 2.29. The van der Waals surface area contributed by atoms with E-state index in [4.69, 9.17) is 5.73 Å². The highest BCUT2D eigenvalue weighted by molar-refractivity contribution is 5.50. The fraction of sp³-hybridized carbons (Fsp3) is 1.00. The van der Waals surface area contributed by atoms with E-state index in [1.54, 1.807) is 0 Å².